The molecule has 0 aliphatic heterocycles. The summed E-state index contributed by atoms with van der Waals surface area (Å²) in [6.45, 7) is 4.45. The first kappa shape index (κ1) is 20.8. The Balaban J connectivity index is 3.15. The Kier molecular flexibility index (Phi) is 17.7. The van der Waals surface area contributed by atoms with Gasteiger partial charge in [-0.3, -0.25) is 0 Å². The molecule has 0 aromatic carbocycles. The largest absolute Gasteiger partial charge is 0.176 e. The van der Waals surface area contributed by atoms with E-state index in [1.165, 1.54) is 77.0 Å². The Morgan fingerprint density at radius 3 is 1.81 bits per heavy atom. The number of hydrogen-bond donors (Lipinski definition) is 1. The summed E-state index contributed by atoms with van der Waals surface area (Å²) in [4.78, 5) is 0. The number of unbranched alkanes of at least 4 members (excludes halogenated alkanes) is 9. The van der Waals surface area contributed by atoms with Gasteiger partial charge in [0, 0.05) is 0 Å². The van der Waals surface area contributed by atoms with Crippen LogP contribution in [0, 0.1) is 0 Å². The van der Waals surface area contributed by atoms with Crippen LogP contribution in [0.25, 0.3) is 0 Å². The van der Waals surface area contributed by atoms with E-state index in [-0.39, 0.29) is 0 Å². The first-order chi connectivity index (χ1) is 10.3. The second kappa shape index (κ2) is 17.9. The third kappa shape index (κ3) is 19.8. The highest BCUT2D eigenvalue weighted by Crippen LogP contribution is 2.11. The predicted molar refractivity (Wildman–Crippen MR) is 102 cm³/mol. The standard InChI is InChI=1S/C20H38S/c1-3-4-5-6-7-8-9-10-11-12-13-14-15-16-17-18-19-20(2)21/h7-8,10-11,20-21H,3-6,9,12-19H2,1-2H3/b8-7-,11-10-. The van der Waals surface area contributed by atoms with Gasteiger partial charge in [-0.1, -0.05) is 83.1 Å². The van der Waals surface area contributed by atoms with E-state index in [4.69, 9.17) is 0 Å². The summed E-state index contributed by atoms with van der Waals surface area (Å²) in [6.07, 6.45) is 26.6. The van der Waals surface area contributed by atoms with Crippen molar-refractivity contribution in [1.29, 1.82) is 0 Å². The van der Waals surface area contributed by atoms with Crippen molar-refractivity contribution in [2.75, 3.05) is 0 Å². The quantitative estimate of drug-likeness (QED) is 0.180. The van der Waals surface area contributed by atoms with E-state index in [2.05, 4.69) is 50.8 Å². The van der Waals surface area contributed by atoms with E-state index in [1.54, 1.807) is 0 Å². The van der Waals surface area contributed by atoms with Crippen LogP contribution in [-0.4, -0.2) is 5.25 Å². The normalized spacial score (nSPS) is 13.5. The lowest BCUT2D eigenvalue weighted by atomic mass is 10.1. The fourth-order valence-electron chi connectivity index (χ4n) is 2.43. The van der Waals surface area contributed by atoms with Crippen molar-refractivity contribution in [3.63, 3.8) is 0 Å². The molecule has 21 heavy (non-hydrogen) atoms. The molecule has 0 rings (SSSR count). The van der Waals surface area contributed by atoms with Gasteiger partial charge in [0.1, 0.15) is 0 Å². The zero-order valence-electron chi connectivity index (χ0n) is 14.5. The van der Waals surface area contributed by atoms with Gasteiger partial charge >= 0.3 is 0 Å². The maximum absolute atomic E-state index is 4.41. The molecule has 0 radical (unpaired) electrons. The Morgan fingerprint density at radius 1 is 0.714 bits per heavy atom. The molecule has 0 spiro atoms. The molecule has 0 aromatic heterocycles. The van der Waals surface area contributed by atoms with Crippen molar-refractivity contribution in [3.8, 4) is 0 Å². The van der Waals surface area contributed by atoms with Crippen LogP contribution in [0.4, 0.5) is 0 Å². The zero-order valence-corrected chi connectivity index (χ0v) is 15.4. The highest BCUT2D eigenvalue weighted by Gasteiger charge is 1.94. The van der Waals surface area contributed by atoms with Crippen LogP contribution in [0.1, 0.15) is 97.3 Å². The average Bonchev–Trinajstić information content (AvgIpc) is 2.46. The summed E-state index contributed by atoms with van der Waals surface area (Å²) in [5.74, 6) is 0. The lowest BCUT2D eigenvalue weighted by Crippen LogP contribution is -1.90. The Morgan fingerprint density at radius 2 is 1.24 bits per heavy atom. The molecule has 1 heteroatoms. The molecular weight excluding hydrogens is 272 g/mol. The predicted octanol–water partition coefficient (Wildman–Crippen LogP) is 7.51. The Bertz CT molecular complexity index is 240. The molecule has 0 bridgehead atoms. The maximum Gasteiger partial charge on any atom is -0.00116 e. The third-order valence-corrected chi connectivity index (χ3v) is 4.08. The second-order valence-corrected chi connectivity index (χ2v) is 7.10. The Hall–Kier alpha value is -0.170. The van der Waals surface area contributed by atoms with Crippen molar-refractivity contribution in [3.05, 3.63) is 24.3 Å². The number of allylic oxidation sites excluding steroid dienone is 4. The number of hydrogen-bond acceptors (Lipinski definition) is 1. The molecule has 0 fully saturated rings. The first-order valence-corrected chi connectivity index (χ1v) is 9.77. The minimum absolute atomic E-state index is 0.579. The Labute approximate surface area is 139 Å². The summed E-state index contributed by atoms with van der Waals surface area (Å²) >= 11 is 4.41. The van der Waals surface area contributed by atoms with E-state index in [0.29, 0.717) is 5.25 Å². The smallest absolute Gasteiger partial charge is 0.00116 e. The third-order valence-electron chi connectivity index (χ3n) is 3.82. The summed E-state index contributed by atoms with van der Waals surface area (Å²) in [7, 11) is 0. The molecule has 0 amide bonds. The molecule has 124 valence electrons. The van der Waals surface area contributed by atoms with Gasteiger partial charge < -0.3 is 0 Å². The van der Waals surface area contributed by atoms with Gasteiger partial charge in [0.25, 0.3) is 0 Å². The molecule has 1 unspecified atom stereocenters. The summed E-state index contributed by atoms with van der Waals surface area (Å²) in [5.41, 5.74) is 0. The van der Waals surface area contributed by atoms with Gasteiger partial charge in [0.05, 0.1) is 0 Å². The molecular formula is C20H38S. The van der Waals surface area contributed by atoms with Crippen LogP contribution < -0.4 is 0 Å². The topological polar surface area (TPSA) is 0 Å². The second-order valence-electron chi connectivity index (χ2n) is 6.22. The fourth-order valence-corrected chi connectivity index (χ4v) is 2.61. The van der Waals surface area contributed by atoms with E-state index < -0.39 is 0 Å². The molecule has 0 nitrogen and oxygen atoms in total. The first-order valence-electron chi connectivity index (χ1n) is 9.25. The van der Waals surface area contributed by atoms with Gasteiger partial charge in [0.2, 0.25) is 0 Å². The van der Waals surface area contributed by atoms with Gasteiger partial charge in [-0.15, -0.1) is 0 Å². The molecule has 0 N–H and O–H groups in total. The maximum atomic E-state index is 4.41. The van der Waals surface area contributed by atoms with Crippen LogP contribution in [0.2, 0.25) is 0 Å². The van der Waals surface area contributed by atoms with Gasteiger partial charge in [-0.25, -0.2) is 0 Å². The lowest BCUT2D eigenvalue weighted by molar-refractivity contribution is 0.581. The van der Waals surface area contributed by atoms with Crippen molar-refractivity contribution < 1.29 is 0 Å². The molecule has 0 heterocycles. The highest BCUT2D eigenvalue weighted by atomic mass is 32.1. The van der Waals surface area contributed by atoms with E-state index in [0.717, 1.165) is 6.42 Å². The van der Waals surface area contributed by atoms with Crippen molar-refractivity contribution in [2.24, 2.45) is 0 Å². The molecule has 1 atom stereocenters. The van der Waals surface area contributed by atoms with Crippen molar-refractivity contribution in [1.82, 2.24) is 0 Å². The number of rotatable bonds is 15. The molecule has 0 saturated carbocycles. The molecule has 0 saturated heterocycles. The molecule has 0 aliphatic carbocycles. The van der Waals surface area contributed by atoms with Crippen LogP contribution in [0.15, 0.2) is 24.3 Å². The van der Waals surface area contributed by atoms with Crippen molar-refractivity contribution in [2.45, 2.75) is 103 Å². The van der Waals surface area contributed by atoms with Crippen molar-refractivity contribution >= 4 is 12.6 Å². The highest BCUT2D eigenvalue weighted by molar-refractivity contribution is 7.80. The SMILES string of the molecule is CCCCC/C=C\C/C=C\CCCCCCCCC(C)S. The van der Waals surface area contributed by atoms with Gasteiger partial charge in [0.15, 0.2) is 0 Å². The van der Waals surface area contributed by atoms with Crippen LogP contribution >= 0.6 is 12.6 Å². The minimum Gasteiger partial charge on any atom is -0.176 e. The summed E-state index contributed by atoms with van der Waals surface area (Å²) < 4.78 is 0. The van der Waals surface area contributed by atoms with Crippen LogP contribution in [0.3, 0.4) is 0 Å². The van der Waals surface area contributed by atoms with E-state index >= 15 is 0 Å². The van der Waals surface area contributed by atoms with Crippen LogP contribution in [-0.2, 0) is 0 Å². The lowest BCUT2D eigenvalue weighted by Gasteiger charge is -2.03. The zero-order chi connectivity index (χ0) is 15.6. The molecule has 0 aromatic rings. The average molecular weight is 311 g/mol. The van der Waals surface area contributed by atoms with E-state index in [9.17, 15) is 0 Å². The van der Waals surface area contributed by atoms with Gasteiger partial charge in [-0.05, 0) is 43.8 Å². The fraction of sp³-hybridized carbons (Fsp3) is 0.800. The summed E-state index contributed by atoms with van der Waals surface area (Å²) in [6, 6.07) is 0. The van der Waals surface area contributed by atoms with Gasteiger partial charge in [-0.2, -0.15) is 12.6 Å². The monoisotopic (exact) mass is 310 g/mol. The minimum atomic E-state index is 0.579. The van der Waals surface area contributed by atoms with Crippen LogP contribution in [0.5, 0.6) is 0 Å². The van der Waals surface area contributed by atoms with E-state index in [1.807, 2.05) is 0 Å². The number of thiol groups is 1. The summed E-state index contributed by atoms with van der Waals surface area (Å²) in [5, 5.41) is 0.579. The molecule has 0 aliphatic rings.